The van der Waals surface area contributed by atoms with E-state index < -0.39 is 0 Å². The van der Waals surface area contributed by atoms with Gasteiger partial charge in [0.1, 0.15) is 0 Å². The van der Waals surface area contributed by atoms with E-state index in [0.717, 1.165) is 49.7 Å². The zero-order valence-electron chi connectivity index (χ0n) is 17.7. The Morgan fingerprint density at radius 3 is 2.97 bits per heavy atom. The molecule has 2 bridgehead atoms. The predicted molar refractivity (Wildman–Crippen MR) is 111 cm³/mol. The van der Waals surface area contributed by atoms with Gasteiger partial charge in [0, 0.05) is 43.6 Å². The smallest absolute Gasteiger partial charge is 0.220 e. The fourth-order valence-electron chi connectivity index (χ4n) is 6.32. The molecule has 0 unspecified atom stereocenters. The summed E-state index contributed by atoms with van der Waals surface area (Å²) in [7, 11) is 1.70. The number of hydrogen-bond acceptors (Lipinski definition) is 5. The van der Waals surface area contributed by atoms with E-state index in [-0.39, 0.29) is 11.5 Å². The first kappa shape index (κ1) is 19.2. The predicted octanol–water partition coefficient (Wildman–Crippen LogP) is 3.08. The molecule has 3 aliphatic heterocycles. The van der Waals surface area contributed by atoms with Gasteiger partial charge in [0.15, 0.2) is 11.6 Å². The third-order valence-electron chi connectivity index (χ3n) is 7.77. The number of aromatic nitrogens is 1. The van der Waals surface area contributed by atoms with E-state index in [9.17, 15) is 4.79 Å². The lowest BCUT2D eigenvalue weighted by Gasteiger charge is -2.29. The minimum absolute atomic E-state index is 0.0814. The van der Waals surface area contributed by atoms with Gasteiger partial charge in [-0.15, -0.1) is 0 Å². The number of nitrogens with zero attached hydrogens (tertiary/aromatic N) is 2. The number of carbonyl (C=O) groups is 1. The summed E-state index contributed by atoms with van der Waals surface area (Å²) < 4.78 is 12.1. The van der Waals surface area contributed by atoms with Crippen molar-refractivity contribution < 1.29 is 14.3 Å². The van der Waals surface area contributed by atoms with Crippen molar-refractivity contribution in [2.45, 2.75) is 63.6 Å². The maximum absolute atomic E-state index is 12.5. The van der Waals surface area contributed by atoms with Crippen LogP contribution in [0, 0.1) is 24.7 Å². The molecule has 3 saturated heterocycles. The summed E-state index contributed by atoms with van der Waals surface area (Å²) in [5.41, 5.74) is 0.915. The molecular formula is C23H33N3O3. The molecule has 4 fully saturated rings. The summed E-state index contributed by atoms with van der Waals surface area (Å²) in [5, 5.41) is 3.25. The average molecular weight is 400 g/mol. The number of amides is 1. The number of pyridine rings is 1. The third-order valence-corrected chi connectivity index (χ3v) is 7.77. The van der Waals surface area contributed by atoms with Gasteiger partial charge in [0.2, 0.25) is 5.91 Å². The molecule has 1 aromatic rings. The number of fused-ring (bicyclic) bond motifs is 1. The highest BCUT2D eigenvalue weighted by atomic mass is 16.5. The summed E-state index contributed by atoms with van der Waals surface area (Å²) in [4.78, 5) is 19.6. The normalized spacial score (nSPS) is 33.3. The molecule has 4 aliphatic rings. The summed E-state index contributed by atoms with van der Waals surface area (Å²) in [6.07, 6.45) is 8.21. The Hall–Kier alpha value is -1.82. The van der Waals surface area contributed by atoms with E-state index in [1.54, 1.807) is 7.11 Å². The molecule has 6 nitrogen and oxygen atoms in total. The number of hydrogen-bond donors (Lipinski definition) is 1. The summed E-state index contributed by atoms with van der Waals surface area (Å²) in [5.74, 6) is 3.41. The molecule has 5 rings (SSSR count). The van der Waals surface area contributed by atoms with E-state index in [1.807, 2.05) is 19.1 Å². The zero-order chi connectivity index (χ0) is 20.0. The molecule has 1 aliphatic carbocycles. The Bertz CT molecular complexity index is 779. The van der Waals surface area contributed by atoms with Gasteiger partial charge in [-0.25, -0.2) is 4.98 Å². The molecular weight excluding hydrogens is 366 g/mol. The molecule has 0 radical (unpaired) electrons. The average Bonchev–Trinajstić information content (AvgIpc) is 3.47. The lowest BCUT2D eigenvalue weighted by Crippen LogP contribution is -2.42. The monoisotopic (exact) mass is 399 g/mol. The van der Waals surface area contributed by atoms with Crippen LogP contribution in [0.25, 0.3) is 0 Å². The number of ether oxygens (including phenoxy) is 2. The van der Waals surface area contributed by atoms with Crippen LogP contribution in [0.1, 0.15) is 50.6 Å². The molecule has 158 valence electrons. The first-order valence-corrected chi connectivity index (χ1v) is 11.3. The van der Waals surface area contributed by atoms with Crippen molar-refractivity contribution in [1.82, 2.24) is 10.3 Å². The SMILES string of the molecule is COc1ccc(C)nc1N1C[C@@H]2[C@H](CNC(=O)CC3CCCC3)[C@H]3CC[C@]2(C1)O3. The maximum atomic E-state index is 12.5. The molecule has 1 spiro atoms. The van der Waals surface area contributed by atoms with Gasteiger partial charge in [0.25, 0.3) is 0 Å². The van der Waals surface area contributed by atoms with E-state index in [1.165, 1.54) is 25.7 Å². The molecule has 1 saturated carbocycles. The lowest BCUT2D eigenvalue weighted by molar-refractivity contribution is -0.122. The van der Waals surface area contributed by atoms with Crippen molar-refractivity contribution >= 4 is 11.7 Å². The van der Waals surface area contributed by atoms with Crippen molar-refractivity contribution in [3.63, 3.8) is 0 Å². The molecule has 6 heteroatoms. The van der Waals surface area contributed by atoms with Gasteiger partial charge in [-0.05, 0) is 50.7 Å². The van der Waals surface area contributed by atoms with Crippen LogP contribution in [0.2, 0.25) is 0 Å². The number of anilines is 1. The number of nitrogens with one attached hydrogen (secondary N) is 1. The van der Waals surface area contributed by atoms with Gasteiger partial charge in [-0.3, -0.25) is 4.79 Å². The number of carbonyl (C=O) groups excluding carboxylic acids is 1. The molecule has 0 aromatic carbocycles. The Morgan fingerprint density at radius 2 is 2.17 bits per heavy atom. The van der Waals surface area contributed by atoms with Crippen molar-refractivity contribution in [3.05, 3.63) is 17.8 Å². The minimum atomic E-state index is -0.0814. The van der Waals surface area contributed by atoms with Crippen molar-refractivity contribution in [3.8, 4) is 5.75 Å². The van der Waals surface area contributed by atoms with Crippen LogP contribution >= 0.6 is 0 Å². The molecule has 1 N–H and O–H groups in total. The fourth-order valence-corrected chi connectivity index (χ4v) is 6.32. The summed E-state index contributed by atoms with van der Waals surface area (Å²) >= 11 is 0. The lowest BCUT2D eigenvalue weighted by atomic mass is 9.73. The summed E-state index contributed by atoms with van der Waals surface area (Å²) in [6.45, 7) is 4.55. The van der Waals surface area contributed by atoms with Crippen LogP contribution in [-0.4, -0.2) is 49.3 Å². The maximum Gasteiger partial charge on any atom is 0.220 e. The fraction of sp³-hybridized carbons (Fsp3) is 0.739. The summed E-state index contributed by atoms with van der Waals surface area (Å²) in [6, 6.07) is 3.99. The van der Waals surface area contributed by atoms with E-state index in [2.05, 4.69) is 10.2 Å². The van der Waals surface area contributed by atoms with Crippen LogP contribution in [0.3, 0.4) is 0 Å². The topological polar surface area (TPSA) is 63.7 Å². The van der Waals surface area contributed by atoms with Crippen molar-refractivity contribution in [1.29, 1.82) is 0 Å². The highest BCUT2D eigenvalue weighted by Crippen LogP contribution is 2.55. The van der Waals surface area contributed by atoms with Crippen LogP contribution < -0.4 is 15.0 Å². The van der Waals surface area contributed by atoms with Crippen LogP contribution in [-0.2, 0) is 9.53 Å². The Morgan fingerprint density at radius 1 is 1.34 bits per heavy atom. The van der Waals surface area contributed by atoms with Crippen LogP contribution in [0.4, 0.5) is 5.82 Å². The molecule has 29 heavy (non-hydrogen) atoms. The van der Waals surface area contributed by atoms with Crippen LogP contribution in [0.5, 0.6) is 5.75 Å². The molecule has 1 amide bonds. The van der Waals surface area contributed by atoms with Gasteiger partial charge in [-0.2, -0.15) is 0 Å². The van der Waals surface area contributed by atoms with E-state index >= 15 is 0 Å². The Kier molecular flexibility index (Phi) is 4.93. The Labute approximate surface area is 173 Å². The quantitative estimate of drug-likeness (QED) is 0.796. The molecule has 1 aromatic heterocycles. The number of rotatable bonds is 6. The third kappa shape index (κ3) is 3.39. The first-order chi connectivity index (χ1) is 14.1. The van der Waals surface area contributed by atoms with E-state index in [0.29, 0.717) is 30.3 Å². The second-order valence-corrected chi connectivity index (χ2v) is 9.55. The standard InChI is InChI=1S/C23H33N3O3/c1-15-7-8-20(28-2)22(25-15)26-13-18-17(19-9-10-23(18,14-26)29-19)12-24-21(27)11-16-5-3-4-6-16/h7-8,16-19H,3-6,9-14H2,1-2H3,(H,24,27)/t17-,18+,19+,23+/m0/s1. The zero-order valence-corrected chi connectivity index (χ0v) is 17.7. The largest absolute Gasteiger partial charge is 0.493 e. The molecule has 4 atom stereocenters. The highest BCUT2D eigenvalue weighted by Gasteiger charge is 2.63. The van der Waals surface area contributed by atoms with Crippen LogP contribution in [0.15, 0.2) is 12.1 Å². The van der Waals surface area contributed by atoms with Gasteiger partial charge in [-0.1, -0.05) is 12.8 Å². The first-order valence-electron chi connectivity index (χ1n) is 11.3. The highest BCUT2D eigenvalue weighted by molar-refractivity contribution is 5.76. The van der Waals surface area contributed by atoms with Gasteiger partial charge >= 0.3 is 0 Å². The number of aryl methyl sites for hydroxylation is 1. The van der Waals surface area contributed by atoms with Gasteiger partial charge < -0.3 is 19.7 Å². The second-order valence-electron chi connectivity index (χ2n) is 9.55. The van der Waals surface area contributed by atoms with Crippen molar-refractivity contribution in [2.24, 2.45) is 17.8 Å². The molecule has 4 heterocycles. The Balaban J connectivity index is 1.27. The number of methoxy groups -OCH3 is 1. The van der Waals surface area contributed by atoms with Gasteiger partial charge in [0.05, 0.1) is 18.8 Å². The van der Waals surface area contributed by atoms with Crippen molar-refractivity contribution in [2.75, 3.05) is 31.6 Å². The second kappa shape index (κ2) is 7.46. The van der Waals surface area contributed by atoms with E-state index in [4.69, 9.17) is 14.5 Å². The minimum Gasteiger partial charge on any atom is -0.493 e.